The van der Waals surface area contributed by atoms with E-state index in [9.17, 15) is 23.6 Å². The Morgan fingerprint density at radius 1 is 1.43 bits per heavy atom. The summed E-state index contributed by atoms with van der Waals surface area (Å²) in [5.41, 5.74) is -0.154. The molecular weight excluding hydrogens is 298 g/mol. The topological polar surface area (TPSA) is 113 Å². The number of hydrogen-bond donors (Lipinski definition) is 2. The van der Waals surface area contributed by atoms with Gasteiger partial charge >= 0.3 is 0 Å². The minimum absolute atomic E-state index is 0.292. The van der Waals surface area contributed by atoms with Crippen molar-refractivity contribution in [1.82, 2.24) is 9.62 Å². The Morgan fingerprint density at radius 3 is 2.62 bits per heavy atom. The summed E-state index contributed by atoms with van der Waals surface area (Å²) in [6, 6.07) is 3.47. The second kappa shape index (κ2) is 5.68. The molecule has 1 aliphatic rings. The van der Waals surface area contributed by atoms with Crippen LogP contribution in [0, 0.1) is 17.0 Å². The van der Waals surface area contributed by atoms with Crippen molar-refractivity contribution in [2.75, 3.05) is 20.1 Å². The molecule has 21 heavy (non-hydrogen) atoms. The van der Waals surface area contributed by atoms with Crippen LogP contribution in [0.2, 0.25) is 0 Å². The van der Waals surface area contributed by atoms with Crippen LogP contribution in [0.5, 0.6) is 0 Å². The summed E-state index contributed by atoms with van der Waals surface area (Å²) in [5, 5.41) is 23.8. The first-order valence-corrected chi connectivity index (χ1v) is 7.81. The van der Waals surface area contributed by atoms with E-state index in [-0.39, 0.29) is 4.90 Å². The molecule has 1 fully saturated rings. The molecule has 0 aromatic heterocycles. The first-order valence-electron chi connectivity index (χ1n) is 6.37. The minimum Gasteiger partial charge on any atom is -0.390 e. The zero-order valence-corrected chi connectivity index (χ0v) is 12.5. The van der Waals surface area contributed by atoms with Gasteiger partial charge in [-0.1, -0.05) is 12.1 Å². The Kier molecular flexibility index (Phi) is 4.28. The van der Waals surface area contributed by atoms with Gasteiger partial charge in [0, 0.05) is 26.2 Å². The minimum atomic E-state index is -4.07. The zero-order chi connectivity index (χ0) is 15.8. The number of hydrogen-bond acceptors (Lipinski definition) is 6. The van der Waals surface area contributed by atoms with E-state index in [1.807, 2.05) is 0 Å². The molecule has 1 aromatic carbocycles. The second-order valence-corrected chi connectivity index (χ2v) is 6.93. The number of β-amino-alcohol motifs (C(OH)–C–C–N with tert-alkyl or cyclic N) is 1. The fraction of sp³-hybridized carbons (Fsp3) is 0.500. The van der Waals surface area contributed by atoms with Crippen molar-refractivity contribution in [2.45, 2.75) is 24.0 Å². The quantitative estimate of drug-likeness (QED) is 0.590. The van der Waals surface area contributed by atoms with Gasteiger partial charge in [0.05, 0.1) is 17.1 Å². The number of aliphatic hydroxyl groups excluding tert-OH is 1. The third-order valence-electron chi connectivity index (χ3n) is 3.64. The molecule has 0 amide bonds. The Balaban J connectivity index is 2.52. The van der Waals surface area contributed by atoms with Crippen molar-refractivity contribution in [3.8, 4) is 0 Å². The summed E-state index contributed by atoms with van der Waals surface area (Å²) >= 11 is 0. The molecule has 0 spiro atoms. The van der Waals surface area contributed by atoms with Gasteiger partial charge in [0.25, 0.3) is 5.69 Å². The van der Waals surface area contributed by atoms with Gasteiger partial charge in [0.1, 0.15) is 0 Å². The predicted octanol–water partition coefficient (Wildman–Crippen LogP) is -0.144. The van der Waals surface area contributed by atoms with Crippen LogP contribution in [0.15, 0.2) is 23.1 Å². The van der Waals surface area contributed by atoms with Gasteiger partial charge in [-0.25, -0.2) is 8.42 Å². The number of aryl methyl sites for hydroxylation is 1. The van der Waals surface area contributed by atoms with Crippen LogP contribution in [0.4, 0.5) is 5.69 Å². The summed E-state index contributed by atoms with van der Waals surface area (Å²) < 4.78 is 26.4. The molecule has 8 nitrogen and oxygen atoms in total. The van der Waals surface area contributed by atoms with Crippen molar-refractivity contribution in [3.63, 3.8) is 0 Å². The van der Waals surface area contributed by atoms with Crippen molar-refractivity contribution >= 4 is 15.7 Å². The van der Waals surface area contributed by atoms with E-state index in [0.29, 0.717) is 18.7 Å². The fourth-order valence-electron chi connectivity index (χ4n) is 2.46. The second-order valence-electron chi connectivity index (χ2n) is 4.99. The number of nitro groups is 1. The largest absolute Gasteiger partial charge is 0.390 e. The van der Waals surface area contributed by atoms with Crippen LogP contribution in [0.25, 0.3) is 0 Å². The molecule has 1 saturated heterocycles. The van der Waals surface area contributed by atoms with Crippen molar-refractivity contribution in [1.29, 1.82) is 0 Å². The molecule has 0 bridgehead atoms. The lowest BCUT2D eigenvalue weighted by Gasteiger charge is -2.26. The molecule has 9 heteroatoms. The van der Waals surface area contributed by atoms with E-state index in [4.69, 9.17) is 0 Å². The smallest absolute Gasteiger partial charge is 0.289 e. The van der Waals surface area contributed by atoms with E-state index in [2.05, 4.69) is 5.32 Å². The number of rotatable bonds is 4. The highest BCUT2D eigenvalue weighted by molar-refractivity contribution is 7.89. The Hall–Kier alpha value is -1.55. The lowest BCUT2D eigenvalue weighted by atomic mass is 10.2. The number of sulfonamides is 1. The van der Waals surface area contributed by atoms with Crippen LogP contribution in [0.3, 0.4) is 0 Å². The number of aliphatic hydroxyl groups is 1. The van der Waals surface area contributed by atoms with E-state index >= 15 is 0 Å². The molecule has 1 aromatic rings. The van der Waals surface area contributed by atoms with E-state index < -0.39 is 32.8 Å². The number of likely N-dealkylation sites (N-methyl/N-ethyl adjacent to an activating group) is 1. The summed E-state index contributed by atoms with van der Waals surface area (Å²) in [6.07, 6.45) is -0.840. The number of nitrogens with zero attached hydrogens (tertiary/aromatic N) is 2. The van der Waals surface area contributed by atoms with Crippen LogP contribution >= 0.6 is 0 Å². The SMILES string of the molecule is Cc1cccc([N+](=O)[O-])c1S(=O)(=O)N(C)[C@@H]1CNC[C@H]1O. The highest BCUT2D eigenvalue weighted by Crippen LogP contribution is 2.30. The van der Waals surface area contributed by atoms with Gasteiger partial charge in [-0.2, -0.15) is 4.31 Å². The monoisotopic (exact) mass is 315 g/mol. The lowest BCUT2D eigenvalue weighted by Crippen LogP contribution is -2.44. The predicted molar refractivity (Wildman–Crippen MR) is 75.4 cm³/mol. The van der Waals surface area contributed by atoms with Gasteiger partial charge in [0.2, 0.25) is 10.0 Å². The maximum atomic E-state index is 12.7. The normalized spacial score (nSPS) is 22.7. The Labute approximate surface area is 122 Å². The van der Waals surface area contributed by atoms with Crippen molar-refractivity contribution in [2.24, 2.45) is 0 Å². The third kappa shape index (κ3) is 2.77. The van der Waals surface area contributed by atoms with Crippen molar-refractivity contribution < 1.29 is 18.4 Å². The first-order chi connectivity index (χ1) is 9.76. The van der Waals surface area contributed by atoms with E-state index in [0.717, 1.165) is 10.4 Å². The molecule has 0 unspecified atom stereocenters. The number of nitrogens with one attached hydrogen (secondary N) is 1. The van der Waals surface area contributed by atoms with Gasteiger partial charge in [-0.15, -0.1) is 0 Å². The molecule has 116 valence electrons. The van der Waals surface area contributed by atoms with Gasteiger partial charge < -0.3 is 10.4 Å². The Morgan fingerprint density at radius 2 is 2.10 bits per heavy atom. The standard InChI is InChI=1S/C12H17N3O5S/c1-8-4-3-5-9(15(17)18)12(8)21(19,20)14(2)10-6-13-7-11(10)16/h3-5,10-11,13,16H,6-7H2,1-2H3/t10-,11-/m1/s1. The molecule has 0 aliphatic carbocycles. The fourth-order valence-corrected chi connectivity index (χ4v) is 4.20. The van der Waals surface area contributed by atoms with Gasteiger partial charge in [0.15, 0.2) is 4.90 Å². The molecule has 2 N–H and O–H groups in total. The van der Waals surface area contributed by atoms with Crippen LogP contribution in [0.1, 0.15) is 5.56 Å². The van der Waals surface area contributed by atoms with Crippen molar-refractivity contribution in [3.05, 3.63) is 33.9 Å². The van der Waals surface area contributed by atoms with Crippen LogP contribution in [-0.4, -0.2) is 55.0 Å². The lowest BCUT2D eigenvalue weighted by molar-refractivity contribution is -0.387. The van der Waals surface area contributed by atoms with E-state index in [1.165, 1.54) is 26.1 Å². The summed E-state index contributed by atoms with van der Waals surface area (Å²) in [5.74, 6) is 0. The highest BCUT2D eigenvalue weighted by Gasteiger charge is 2.39. The Bertz CT molecular complexity index is 661. The maximum Gasteiger partial charge on any atom is 0.289 e. The van der Waals surface area contributed by atoms with Crippen LogP contribution < -0.4 is 5.32 Å². The van der Waals surface area contributed by atoms with E-state index in [1.54, 1.807) is 0 Å². The molecule has 0 radical (unpaired) electrons. The summed E-state index contributed by atoms with van der Waals surface area (Å²) in [7, 11) is -2.74. The maximum absolute atomic E-state index is 12.7. The molecule has 1 heterocycles. The summed E-state index contributed by atoms with van der Waals surface area (Å²) in [6.45, 7) is 2.11. The van der Waals surface area contributed by atoms with Crippen LogP contribution in [-0.2, 0) is 10.0 Å². The molecule has 2 rings (SSSR count). The number of benzene rings is 1. The first kappa shape index (κ1) is 15.8. The van der Waals surface area contributed by atoms with Gasteiger partial charge in [-0.3, -0.25) is 10.1 Å². The zero-order valence-electron chi connectivity index (χ0n) is 11.7. The third-order valence-corrected chi connectivity index (χ3v) is 5.72. The average Bonchev–Trinajstić information content (AvgIpc) is 2.83. The highest BCUT2D eigenvalue weighted by atomic mass is 32.2. The molecule has 0 saturated carbocycles. The molecule has 1 aliphatic heterocycles. The molecule has 2 atom stereocenters. The summed E-state index contributed by atoms with van der Waals surface area (Å²) in [4.78, 5) is 10.1. The van der Waals surface area contributed by atoms with Gasteiger partial charge in [-0.05, 0) is 12.5 Å². The average molecular weight is 315 g/mol. The molecular formula is C12H17N3O5S. The number of nitro benzene ring substituents is 1.